The molecular weight excluding hydrogens is 360 g/mol. The van der Waals surface area contributed by atoms with Gasteiger partial charge in [0.2, 0.25) is 0 Å². The quantitative estimate of drug-likeness (QED) is 0.702. The summed E-state index contributed by atoms with van der Waals surface area (Å²) in [4.78, 5) is 17.5. The second kappa shape index (κ2) is 11.0. The highest BCUT2D eigenvalue weighted by molar-refractivity contribution is 5.94. The molecule has 2 aromatic carbocycles. The summed E-state index contributed by atoms with van der Waals surface area (Å²) < 4.78 is 0. The molecule has 1 aliphatic rings. The predicted octanol–water partition coefficient (Wildman–Crippen LogP) is 4.28. The van der Waals surface area contributed by atoms with Gasteiger partial charge in [0.05, 0.1) is 5.69 Å². The molecule has 5 heteroatoms. The van der Waals surface area contributed by atoms with Crippen LogP contribution in [0.3, 0.4) is 0 Å². The van der Waals surface area contributed by atoms with Gasteiger partial charge in [-0.15, -0.1) is 0 Å². The third-order valence-electron chi connectivity index (χ3n) is 5.74. The van der Waals surface area contributed by atoms with E-state index in [1.807, 2.05) is 42.5 Å². The lowest BCUT2D eigenvalue weighted by molar-refractivity contribution is 0.187. The van der Waals surface area contributed by atoms with E-state index in [1.165, 1.54) is 6.42 Å². The summed E-state index contributed by atoms with van der Waals surface area (Å²) in [6.45, 7) is 7.71. The van der Waals surface area contributed by atoms with Crippen molar-refractivity contribution in [1.29, 1.82) is 0 Å². The molecular formula is C24H34N4O. The average Bonchev–Trinajstić information content (AvgIpc) is 2.76. The van der Waals surface area contributed by atoms with Crippen LogP contribution in [-0.2, 0) is 0 Å². The fourth-order valence-corrected chi connectivity index (χ4v) is 3.83. The summed E-state index contributed by atoms with van der Waals surface area (Å²) in [6, 6.07) is 18.2. The number of nitrogens with zero attached hydrogens (tertiary/aromatic N) is 2. The first-order valence-electron chi connectivity index (χ1n) is 10.8. The zero-order valence-electron chi connectivity index (χ0n) is 17.7. The predicted molar refractivity (Wildman–Crippen MR) is 121 cm³/mol. The van der Waals surface area contributed by atoms with Gasteiger partial charge in [-0.2, -0.15) is 0 Å². The third-order valence-corrected chi connectivity index (χ3v) is 5.74. The van der Waals surface area contributed by atoms with E-state index < -0.39 is 0 Å². The van der Waals surface area contributed by atoms with E-state index in [1.54, 1.807) is 0 Å². The monoisotopic (exact) mass is 394 g/mol. The number of benzene rings is 2. The molecule has 29 heavy (non-hydrogen) atoms. The minimum atomic E-state index is -0.114. The molecule has 2 N–H and O–H groups in total. The second-order valence-electron chi connectivity index (χ2n) is 7.88. The standard InChI is InChI=1S/C24H34N4O/c1-3-27(2)16-9-17-28-18-14-21(15-19-28)25-24(29)26-23-13-8-7-12-22(23)20-10-5-4-6-11-20/h4-8,10-13,21H,3,9,14-19H2,1-2H3,(H2,25,26,29). The molecule has 1 heterocycles. The highest BCUT2D eigenvalue weighted by Gasteiger charge is 2.20. The van der Waals surface area contributed by atoms with Crippen LogP contribution in [0.4, 0.5) is 10.5 Å². The summed E-state index contributed by atoms with van der Waals surface area (Å²) in [7, 11) is 2.17. The van der Waals surface area contributed by atoms with Crippen molar-refractivity contribution in [3.05, 3.63) is 54.6 Å². The van der Waals surface area contributed by atoms with Gasteiger partial charge in [-0.3, -0.25) is 0 Å². The molecule has 1 aliphatic heterocycles. The van der Waals surface area contributed by atoms with Crippen LogP contribution in [0.2, 0.25) is 0 Å². The Labute approximate surface area is 175 Å². The first-order chi connectivity index (χ1) is 14.2. The number of carbonyl (C=O) groups is 1. The van der Waals surface area contributed by atoms with Crippen LogP contribution in [0.25, 0.3) is 11.1 Å². The molecule has 0 aliphatic carbocycles. The van der Waals surface area contributed by atoms with Crippen LogP contribution in [-0.4, -0.2) is 61.6 Å². The Morgan fingerprint density at radius 2 is 1.76 bits per heavy atom. The van der Waals surface area contributed by atoms with Crippen LogP contribution in [0.1, 0.15) is 26.2 Å². The van der Waals surface area contributed by atoms with Crippen LogP contribution in [0.15, 0.2) is 54.6 Å². The Balaban J connectivity index is 1.46. The number of likely N-dealkylation sites (tertiary alicyclic amines) is 1. The summed E-state index contributed by atoms with van der Waals surface area (Å²) in [5, 5.41) is 6.22. The van der Waals surface area contributed by atoms with Crippen LogP contribution in [0.5, 0.6) is 0 Å². The van der Waals surface area contributed by atoms with E-state index in [0.29, 0.717) is 0 Å². The average molecular weight is 395 g/mol. The summed E-state index contributed by atoms with van der Waals surface area (Å²) in [5.74, 6) is 0. The second-order valence-corrected chi connectivity index (χ2v) is 7.88. The molecule has 2 amide bonds. The SMILES string of the molecule is CCN(C)CCCN1CCC(NC(=O)Nc2ccccc2-c2ccccc2)CC1. The molecule has 2 aromatic rings. The van der Waals surface area contributed by atoms with Gasteiger partial charge < -0.3 is 20.4 Å². The van der Waals surface area contributed by atoms with Crippen LogP contribution in [0, 0.1) is 0 Å². The van der Waals surface area contributed by atoms with Gasteiger partial charge in [0.25, 0.3) is 0 Å². The number of urea groups is 1. The smallest absolute Gasteiger partial charge is 0.319 e. The number of hydrogen-bond donors (Lipinski definition) is 2. The maximum Gasteiger partial charge on any atom is 0.319 e. The molecule has 0 saturated carbocycles. The Hall–Kier alpha value is -2.37. The van der Waals surface area contributed by atoms with E-state index >= 15 is 0 Å². The largest absolute Gasteiger partial charge is 0.335 e. The fraction of sp³-hybridized carbons (Fsp3) is 0.458. The lowest BCUT2D eigenvalue weighted by atomic mass is 10.0. The first kappa shape index (κ1) is 21.3. The van der Waals surface area contributed by atoms with Crippen molar-refractivity contribution in [1.82, 2.24) is 15.1 Å². The van der Waals surface area contributed by atoms with E-state index in [9.17, 15) is 4.79 Å². The van der Waals surface area contributed by atoms with Gasteiger partial charge in [-0.25, -0.2) is 4.79 Å². The lowest BCUT2D eigenvalue weighted by Gasteiger charge is -2.32. The Morgan fingerprint density at radius 1 is 1.07 bits per heavy atom. The molecule has 3 rings (SSSR count). The number of nitrogens with one attached hydrogen (secondary N) is 2. The van der Waals surface area contributed by atoms with Crippen molar-refractivity contribution in [3.63, 3.8) is 0 Å². The lowest BCUT2D eigenvalue weighted by Crippen LogP contribution is -2.46. The van der Waals surface area contributed by atoms with Crippen molar-refractivity contribution < 1.29 is 4.79 Å². The summed E-state index contributed by atoms with van der Waals surface area (Å²) in [6.07, 6.45) is 3.23. The zero-order chi connectivity index (χ0) is 20.5. The molecule has 5 nitrogen and oxygen atoms in total. The number of anilines is 1. The van der Waals surface area contributed by atoms with Crippen LogP contribution < -0.4 is 10.6 Å². The van der Waals surface area contributed by atoms with E-state index in [2.05, 4.69) is 46.5 Å². The number of amides is 2. The molecule has 1 saturated heterocycles. The highest BCUT2D eigenvalue weighted by atomic mass is 16.2. The maximum atomic E-state index is 12.6. The minimum absolute atomic E-state index is 0.114. The van der Waals surface area contributed by atoms with E-state index in [0.717, 1.165) is 62.4 Å². The normalized spacial score (nSPS) is 15.4. The Morgan fingerprint density at radius 3 is 2.48 bits per heavy atom. The minimum Gasteiger partial charge on any atom is -0.335 e. The van der Waals surface area contributed by atoms with E-state index in [4.69, 9.17) is 0 Å². The maximum absolute atomic E-state index is 12.6. The van der Waals surface area contributed by atoms with Crippen molar-refractivity contribution in [2.45, 2.75) is 32.2 Å². The number of piperidine rings is 1. The number of hydrogen-bond acceptors (Lipinski definition) is 3. The summed E-state index contributed by atoms with van der Waals surface area (Å²) >= 11 is 0. The first-order valence-corrected chi connectivity index (χ1v) is 10.8. The van der Waals surface area contributed by atoms with Crippen molar-refractivity contribution >= 4 is 11.7 Å². The topological polar surface area (TPSA) is 47.6 Å². The Bertz CT molecular complexity index is 756. The zero-order valence-corrected chi connectivity index (χ0v) is 17.7. The van der Waals surface area contributed by atoms with Gasteiger partial charge in [-0.05, 0) is 57.6 Å². The molecule has 0 spiro atoms. The molecule has 1 fully saturated rings. The molecule has 0 bridgehead atoms. The highest BCUT2D eigenvalue weighted by Crippen LogP contribution is 2.27. The van der Waals surface area contributed by atoms with Gasteiger partial charge in [0.15, 0.2) is 0 Å². The molecule has 156 valence electrons. The van der Waals surface area contributed by atoms with Gasteiger partial charge >= 0.3 is 6.03 Å². The third kappa shape index (κ3) is 6.58. The van der Waals surface area contributed by atoms with Crippen molar-refractivity contribution in [2.24, 2.45) is 0 Å². The number of para-hydroxylation sites is 1. The van der Waals surface area contributed by atoms with Crippen molar-refractivity contribution in [3.8, 4) is 11.1 Å². The van der Waals surface area contributed by atoms with Crippen molar-refractivity contribution in [2.75, 3.05) is 45.1 Å². The van der Waals surface area contributed by atoms with E-state index in [-0.39, 0.29) is 12.1 Å². The van der Waals surface area contributed by atoms with Gasteiger partial charge in [-0.1, -0.05) is 55.5 Å². The molecule has 0 aromatic heterocycles. The van der Waals surface area contributed by atoms with Crippen LogP contribution >= 0.6 is 0 Å². The van der Waals surface area contributed by atoms with Gasteiger partial charge in [0, 0.05) is 24.7 Å². The Kier molecular flexibility index (Phi) is 8.08. The van der Waals surface area contributed by atoms with Gasteiger partial charge in [0.1, 0.15) is 0 Å². The number of rotatable bonds is 8. The molecule has 0 atom stereocenters. The summed E-state index contributed by atoms with van der Waals surface area (Å²) in [5.41, 5.74) is 2.98. The molecule has 0 unspecified atom stereocenters. The number of carbonyl (C=O) groups excluding carboxylic acids is 1. The molecule has 0 radical (unpaired) electrons. The fourth-order valence-electron chi connectivity index (χ4n) is 3.83.